The van der Waals surface area contributed by atoms with E-state index in [2.05, 4.69) is 41.0 Å². The molecule has 21 heavy (non-hydrogen) atoms. The molecule has 1 fully saturated rings. The van der Waals surface area contributed by atoms with Crippen molar-refractivity contribution in [1.82, 2.24) is 5.32 Å². The van der Waals surface area contributed by atoms with Crippen LogP contribution < -0.4 is 10.6 Å². The third-order valence-electron chi connectivity index (χ3n) is 4.85. The zero-order valence-electron chi connectivity index (χ0n) is 11.8. The molecule has 2 aliphatic heterocycles. The van der Waals surface area contributed by atoms with E-state index in [-0.39, 0.29) is 11.9 Å². The van der Waals surface area contributed by atoms with Crippen molar-refractivity contribution >= 4 is 11.6 Å². The number of hydrogen-bond acceptors (Lipinski definition) is 2. The van der Waals surface area contributed by atoms with E-state index in [4.69, 9.17) is 0 Å². The molecule has 3 nitrogen and oxygen atoms in total. The van der Waals surface area contributed by atoms with E-state index in [0.717, 1.165) is 30.6 Å². The topological polar surface area (TPSA) is 41.1 Å². The Kier molecular flexibility index (Phi) is 2.82. The maximum atomic E-state index is 12.7. The van der Waals surface area contributed by atoms with Crippen LogP contribution in [0, 0.1) is 0 Å². The quantitative estimate of drug-likeness (QED) is 0.886. The van der Waals surface area contributed by atoms with E-state index in [1.807, 2.05) is 24.3 Å². The van der Waals surface area contributed by atoms with Crippen LogP contribution in [0.25, 0.3) is 0 Å². The predicted octanol–water partition coefficient (Wildman–Crippen LogP) is 2.48. The average Bonchev–Trinajstić information content (AvgIpc) is 3.05. The lowest BCUT2D eigenvalue weighted by Crippen LogP contribution is -2.46. The molecule has 0 bridgehead atoms. The first kappa shape index (κ1) is 12.6. The standard InChI is InChI=1S/C18H18N2O/c21-17-18(14-8-4-5-9-15(14)20-17)10-11-19-16(18)12-13-6-2-1-3-7-13/h1-9,16,19H,10-12H2,(H,20,21)/t16-,18-/m1/s1. The maximum absolute atomic E-state index is 12.7. The summed E-state index contributed by atoms with van der Waals surface area (Å²) in [6, 6.07) is 18.7. The zero-order valence-corrected chi connectivity index (χ0v) is 11.8. The second-order valence-electron chi connectivity index (χ2n) is 5.92. The SMILES string of the molecule is O=C1Nc2ccccc2[C@@]12CCN[C@@H]2Cc1ccccc1. The van der Waals surface area contributed by atoms with E-state index in [9.17, 15) is 4.79 Å². The first-order valence-corrected chi connectivity index (χ1v) is 7.49. The Bertz CT molecular complexity index is 683. The Labute approximate surface area is 124 Å². The number of rotatable bonds is 2. The van der Waals surface area contributed by atoms with Gasteiger partial charge in [-0.3, -0.25) is 4.79 Å². The van der Waals surface area contributed by atoms with Crippen molar-refractivity contribution in [2.75, 3.05) is 11.9 Å². The van der Waals surface area contributed by atoms with Gasteiger partial charge in [0, 0.05) is 11.7 Å². The van der Waals surface area contributed by atoms with E-state index < -0.39 is 5.41 Å². The minimum Gasteiger partial charge on any atom is -0.325 e. The molecular formula is C18H18N2O. The lowest BCUT2D eigenvalue weighted by molar-refractivity contribution is -0.121. The Morgan fingerprint density at radius 1 is 1.05 bits per heavy atom. The molecule has 2 atom stereocenters. The molecule has 2 aliphatic rings. The Morgan fingerprint density at radius 2 is 1.81 bits per heavy atom. The molecule has 1 amide bonds. The van der Waals surface area contributed by atoms with Crippen LogP contribution in [-0.4, -0.2) is 18.5 Å². The molecule has 1 saturated heterocycles. The summed E-state index contributed by atoms with van der Waals surface area (Å²) in [6.07, 6.45) is 1.75. The van der Waals surface area contributed by atoms with Crippen molar-refractivity contribution in [3.63, 3.8) is 0 Å². The fourth-order valence-electron chi connectivity index (χ4n) is 3.82. The van der Waals surface area contributed by atoms with Gasteiger partial charge in [0.05, 0.1) is 5.41 Å². The summed E-state index contributed by atoms with van der Waals surface area (Å²) in [6.45, 7) is 0.888. The molecule has 0 unspecified atom stereocenters. The van der Waals surface area contributed by atoms with Gasteiger partial charge in [0.1, 0.15) is 0 Å². The van der Waals surface area contributed by atoms with Crippen molar-refractivity contribution in [3.05, 3.63) is 65.7 Å². The summed E-state index contributed by atoms with van der Waals surface area (Å²) in [4.78, 5) is 12.7. The van der Waals surface area contributed by atoms with Crippen molar-refractivity contribution in [2.24, 2.45) is 0 Å². The molecule has 4 rings (SSSR count). The summed E-state index contributed by atoms with van der Waals surface area (Å²) < 4.78 is 0. The van der Waals surface area contributed by atoms with Gasteiger partial charge in [0.2, 0.25) is 5.91 Å². The van der Waals surface area contributed by atoms with Gasteiger partial charge >= 0.3 is 0 Å². The number of fused-ring (bicyclic) bond motifs is 2. The molecule has 3 heteroatoms. The Hall–Kier alpha value is -2.13. The second-order valence-corrected chi connectivity index (χ2v) is 5.92. The highest BCUT2D eigenvalue weighted by atomic mass is 16.2. The molecule has 106 valence electrons. The summed E-state index contributed by atoms with van der Waals surface area (Å²) in [5.41, 5.74) is 2.99. The third-order valence-corrected chi connectivity index (χ3v) is 4.85. The smallest absolute Gasteiger partial charge is 0.236 e. The van der Waals surface area contributed by atoms with Gasteiger partial charge in [-0.1, -0.05) is 48.5 Å². The van der Waals surface area contributed by atoms with Crippen molar-refractivity contribution in [1.29, 1.82) is 0 Å². The molecule has 2 aromatic rings. The minimum atomic E-state index is -0.410. The van der Waals surface area contributed by atoms with Gasteiger partial charge in [-0.15, -0.1) is 0 Å². The van der Waals surface area contributed by atoms with Crippen LogP contribution in [0.2, 0.25) is 0 Å². The first-order valence-electron chi connectivity index (χ1n) is 7.49. The highest BCUT2D eigenvalue weighted by Gasteiger charge is 2.54. The Morgan fingerprint density at radius 3 is 2.67 bits per heavy atom. The molecule has 0 radical (unpaired) electrons. The molecule has 2 aromatic carbocycles. The van der Waals surface area contributed by atoms with Crippen LogP contribution in [0.5, 0.6) is 0 Å². The highest BCUT2D eigenvalue weighted by Crippen LogP contribution is 2.45. The maximum Gasteiger partial charge on any atom is 0.236 e. The fraction of sp³-hybridized carbons (Fsp3) is 0.278. The lowest BCUT2D eigenvalue weighted by Gasteiger charge is -2.29. The number of para-hydroxylation sites is 1. The summed E-state index contributed by atoms with van der Waals surface area (Å²) in [5, 5.41) is 6.62. The van der Waals surface area contributed by atoms with Crippen molar-refractivity contribution in [3.8, 4) is 0 Å². The zero-order chi connectivity index (χ0) is 14.3. The largest absolute Gasteiger partial charge is 0.325 e. The van der Waals surface area contributed by atoms with Crippen LogP contribution in [0.1, 0.15) is 17.5 Å². The molecule has 0 aromatic heterocycles. The van der Waals surface area contributed by atoms with Gasteiger partial charge in [0.15, 0.2) is 0 Å². The molecule has 0 saturated carbocycles. The van der Waals surface area contributed by atoms with E-state index in [1.54, 1.807) is 0 Å². The normalized spacial score (nSPS) is 26.9. The van der Waals surface area contributed by atoms with E-state index in [0.29, 0.717) is 0 Å². The monoisotopic (exact) mass is 278 g/mol. The number of amides is 1. The average molecular weight is 278 g/mol. The second kappa shape index (κ2) is 4.71. The lowest BCUT2D eigenvalue weighted by atomic mass is 9.73. The number of anilines is 1. The number of carbonyl (C=O) groups is 1. The fourth-order valence-corrected chi connectivity index (χ4v) is 3.82. The van der Waals surface area contributed by atoms with Crippen LogP contribution in [0.4, 0.5) is 5.69 Å². The highest BCUT2D eigenvalue weighted by molar-refractivity contribution is 6.07. The van der Waals surface area contributed by atoms with Crippen LogP contribution in [0.3, 0.4) is 0 Å². The minimum absolute atomic E-state index is 0.148. The van der Waals surface area contributed by atoms with Gasteiger partial charge < -0.3 is 10.6 Å². The number of hydrogen-bond donors (Lipinski definition) is 2. The third kappa shape index (κ3) is 1.81. The molecular weight excluding hydrogens is 260 g/mol. The van der Waals surface area contributed by atoms with Crippen molar-refractivity contribution < 1.29 is 4.79 Å². The van der Waals surface area contributed by atoms with Gasteiger partial charge in [-0.2, -0.15) is 0 Å². The van der Waals surface area contributed by atoms with Gasteiger partial charge in [-0.25, -0.2) is 0 Å². The predicted molar refractivity (Wildman–Crippen MR) is 83.3 cm³/mol. The number of nitrogens with one attached hydrogen (secondary N) is 2. The van der Waals surface area contributed by atoms with Gasteiger partial charge in [-0.05, 0) is 36.6 Å². The molecule has 0 aliphatic carbocycles. The van der Waals surface area contributed by atoms with Crippen LogP contribution in [-0.2, 0) is 16.6 Å². The van der Waals surface area contributed by atoms with Crippen molar-refractivity contribution in [2.45, 2.75) is 24.3 Å². The summed E-state index contributed by atoms with van der Waals surface area (Å²) in [5.74, 6) is 0.148. The Balaban J connectivity index is 1.74. The summed E-state index contributed by atoms with van der Waals surface area (Å²) in [7, 11) is 0. The number of benzene rings is 2. The molecule has 1 spiro atoms. The van der Waals surface area contributed by atoms with Crippen LogP contribution >= 0.6 is 0 Å². The van der Waals surface area contributed by atoms with Gasteiger partial charge in [0.25, 0.3) is 0 Å². The molecule has 2 heterocycles. The summed E-state index contributed by atoms with van der Waals surface area (Å²) >= 11 is 0. The van der Waals surface area contributed by atoms with Crippen LogP contribution in [0.15, 0.2) is 54.6 Å². The first-order chi connectivity index (χ1) is 10.3. The number of carbonyl (C=O) groups excluding carboxylic acids is 1. The van der Waals surface area contributed by atoms with E-state index in [1.165, 1.54) is 5.56 Å². The molecule has 2 N–H and O–H groups in total. The van der Waals surface area contributed by atoms with E-state index >= 15 is 0 Å².